The topological polar surface area (TPSA) is 281 Å². The summed E-state index contributed by atoms with van der Waals surface area (Å²) in [6.07, 6.45) is 13.1. The van der Waals surface area contributed by atoms with Crippen LogP contribution >= 0.6 is 0 Å². The van der Waals surface area contributed by atoms with E-state index < -0.39 is 113 Å². The van der Waals surface area contributed by atoms with E-state index in [4.69, 9.17) is 56.8 Å². The van der Waals surface area contributed by atoms with Gasteiger partial charge >= 0.3 is 59.7 Å². The Kier molecular flexibility index (Phi) is 30.8. The fraction of sp³-hybridized carbons (Fsp3) is 0.455. The number of benzene rings is 3. The Morgan fingerprint density at radius 3 is 0.898 bits per heavy atom. The van der Waals surface area contributed by atoms with E-state index in [1.165, 1.54) is 0 Å². The number of rotatable bonds is 38. The zero-order chi connectivity index (χ0) is 63.5. The van der Waals surface area contributed by atoms with Gasteiger partial charge < -0.3 is 56.8 Å². The first-order chi connectivity index (χ1) is 42.6. The molecule has 0 N–H and O–H groups in total. The molecule has 0 radical (unpaired) electrons. The molecule has 5 rings (SSSR count). The number of hydrogen-bond acceptors (Lipinski definition) is 22. The summed E-state index contributed by atoms with van der Waals surface area (Å²) in [6, 6.07) is 15.3. The largest absolute Gasteiger partial charge is 0.494 e. The van der Waals surface area contributed by atoms with Gasteiger partial charge in [0.2, 0.25) is 0 Å². The summed E-state index contributed by atoms with van der Waals surface area (Å²) < 4.78 is 65.5. The Bertz CT molecular complexity index is 2860. The van der Waals surface area contributed by atoms with Crippen molar-refractivity contribution >= 4 is 59.7 Å². The predicted molar refractivity (Wildman–Crippen MR) is 315 cm³/mol. The van der Waals surface area contributed by atoms with Crippen LogP contribution in [0.2, 0.25) is 0 Å². The summed E-state index contributed by atoms with van der Waals surface area (Å²) in [6.45, 7) is 14.0. The highest BCUT2D eigenvalue weighted by molar-refractivity contribution is 6.00. The Balaban J connectivity index is 1.21. The number of carbonyl (C=O) groups excluding carboxylic acids is 10. The first-order valence-corrected chi connectivity index (χ1v) is 29.6. The van der Waals surface area contributed by atoms with Gasteiger partial charge in [0.25, 0.3) is 0 Å². The molecule has 2 aliphatic carbocycles. The van der Waals surface area contributed by atoms with Crippen molar-refractivity contribution in [2.24, 2.45) is 23.7 Å². The highest BCUT2D eigenvalue weighted by Gasteiger charge is 2.36. The molecule has 22 nitrogen and oxygen atoms in total. The van der Waals surface area contributed by atoms with Crippen molar-refractivity contribution in [3.05, 3.63) is 122 Å². The van der Waals surface area contributed by atoms with Gasteiger partial charge in [0.15, 0.2) is 0 Å². The van der Waals surface area contributed by atoms with Crippen molar-refractivity contribution in [1.82, 2.24) is 0 Å². The minimum Gasteiger partial charge on any atom is -0.494 e. The summed E-state index contributed by atoms with van der Waals surface area (Å²) in [5, 5.41) is 0. The van der Waals surface area contributed by atoms with E-state index in [0.717, 1.165) is 87.8 Å². The summed E-state index contributed by atoms with van der Waals surface area (Å²) in [4.78, 5) is 128. The molecule has 0 bridgehead atoms. The fourth-order valence-electron chi connectivity index (χ4n) is 9.22. The van der Waals surface area contributed by atoms with E-state index in [1.807, 2.05) is 0 Å². The number of ether oxygens (including phenoxy) is 12. The third kappa shape index (κ3) is 25.1. The standard InChI is InChI=1S/C66H78O22/c1-5-57(67)79-37-15-11-9-13-35-77-49-27-31-51(32-28-49)85-61(71)45-19-23-47(24-20-45)63(73)87-55-44-54(66(76)84-42-41-82-60(70)8-4)56(43-53(55)65(75)83-40-18-17-39-81-59(69)7-3)88-64(74)48-25-21-46(22-26-48)62(72)86-52-33-29-50(30-34-52)78-36-14-10-12-16-38-80-58(68)6-2/h5-8,27-34,43-48H,1-4,9-26,35-42H2. The van der Waals surface area contributed by atoms with E-state index in [-0.39, 0.29) is 77.6 Å². The van der Waals surface area contributed by atoms with Crippen LogP contribution in [-0.4, -0.2) is 113 Å². The number of unbranched alkanes of at least 4 members (excludes halogenated alkanes) is 7. The average molecular weight is 1220 g/mol. The van der Waals surface area contributed by atoms with Gasteiger partial charge in [-0.3, -0.25) is 19.2 Å². The molecule has 0 unspecified atom stereocenters. The minimum absolute atomic E-state index is 0.0107. The van der Waals surface area contributed by atoms with E-state index in [1.54, 1.807) is 48.5 Å². The van der Waals surface area contributed by atoms with Crippen LogP contribution in [0.5, 0.6) is 34.5 Å². The Labute approximate surface area is 511 Å². The Morgan fingerprint density at radius 2 is 0.568 bits per heavy atom. The third-order valence-corrected chi connectivity index (χ3v) is 14.2. The van der Waals surface area contributed by atoms with Gasteiger partial charge in [0.1, 0.15) is 58.8 Å². The molecule has 474 valence electrons. The number of carbonyl (C=O) groups is 10. The molecular formula is C66H78O22. The molecule has 2 saturated carbocycles. The highest BCUT2D eigenvalue weighted by Crippen LogP contribution is 2.37. The molecule has 3 aromatic carbocycles. The van der Waals surface area contributed by atoms with Crippen molar-refractivity contribution in [1.29, 1.82) is 0 Å². The van der Waals surface area contributed by atoms with E-state index in [0.29, 0.717) is 55.8 Å². The SMILES string of the molecule is C=CC(=O)OCCCCCCOc1ccc(OC(=O)C2CCC(C(=O)Oc3cc(C(=O)OCCOC(=O)C=C)c(OC(=O)C4CCC(C(=O)Oc5ccc(OCCCCCCOC(=O)C=C)cc5)CC4)cc3C(=O)OCCCCOC(=O)C=C)CC2)cc1. The van der Waals surface area contributed by atoms with Crippen molar-refractivity contribution in [3.8, 4) is 34.5 Å². The lowest BCUT2D eigenvalue weighted by molar-refractivity contribution is -0.145. The quantitative estimate of drug-likeness (QED) is 0.0169. The summed E-state index contributed by atoms with van der Waals surface area (Å²) in [7, 11) is 0. The van der Waals surface area contributed by atoms with Crippen LogP contribution in [-0.2, 0) is 66.8 Å². The molecule has 0 saturated heterocycles. The second-order valence-electron chi connectivity index (χ2n) is 20.6. The zero-order valence-electron chi connectivity index (χ0n) is 49.6. The summed E-state index contributed by atoms with van der Waals surface area (Å²) >= 11 is 0. The van der Waals surface area contributed by atoms with Crippen LogP contribution < -0.4 is 28.4 Å². The van der Waals surface area contributed by atoms with Crippen LogP contribution in [0.1, 0.15) is 136 Å². The molecule has 0 spiro atoms. The predicted octanol–water partition coefficient (Wildman–Crippen LogP) is 10.2. The van der Waals surface area contributed by atoms with E-state index in [2.05, 4.69) is 26.3 Å². The smallest absolute Gasteiger partial charge is 0.342 e. The van der Waals surface area contributed by atoms with Crippen molar-refractivity contribution in [3.63, 3.8) is 0 Å². The van der Waals surface area contributed by atoms with Crippen LogP contribution in [0.25, 0.3) is 0 Å². The first-order valence-electron chi connectivity index (χ1n) is 29.6. The Hall–Kier alpha value is -9.08. The Morgan fingerprint density at radius 1 is 0.318 bits per heavy atom. The molecule has 2 fully saturated rings. The molecule has 0 amide bonds. The lowest BCUT2D eigenvalue weighted by Crippen LogP contribution is -2.31. The van der Waals surface area contributed by atoms with Gasteiger partial charge in [-0.25, -0.2) is 28.8 Å². The third-order valence-electron chi connectivity index (χ3n) is 14.2. The maximum absolute atomic E-state index is 14.0. The lowest BCUT2D eigenvalue weighted by Gasteiger charge is -2.26. The monoisotopic (exact) mass is 1220 g/mol. The lowest BCUT2D eigenvalue weighted by atomic mass is 9.82. The van der Waals surface area contributed by atoms with Crippen LogP contribution in [0.3, 0.4) is 0 Å². The second-order valence-corrected chi connectivity index (χ2v) is 20.6. The molecule has 0 aliphatic heterocycles. The minimum atomic E-state index is -1.11. The second kappa shape index (κ2) is 38.9. The maximum Gasteiger partial charge on any atom is 0.342 e. The average Bonchev–Trinajstić information content (AvgIpc) is 2.91. The molecule has 3 aromatic rings. The number of esters is 10. The van der Waals surface area contributed by atoms with Crippen molar-refractivity contribution < 1.29 is 105 Å². The van der Waals surface area contributed by atoms with E-state index in [9.17, 15) is 47.9 Å². The van der Waals surface area contributed by atoms with Gasteiger partial charge in [-0.2, -0.15) is 0 Å². The normalized spacial score (nSPS) is 15.9. The van der Waals surface area contributed by atoms with Crippen LogP contribution in [0.4, 0.5) is 0 Å². The molecule has 22 heteroatoms. The van der Waals surface area contributed by atoms with Crippen LogP contribution in [0, 0.1) is 23.7 Å². The van der Waals surface area contributed by atoms with Crippen LogP contribution in [0.15, 0.2) is 111 Å². The van der Waals surface area contributed by atoms with Gasteiger partial charge in [-0.15, -0.1) is 0 Å². The van der Waals surface area contributed by atoms with Gasteiger partial charge in [0.05, 0.1) is 63.3 Å². The first kappa shape index (κ1) is 69.7. The zero-order valence-corrected chi connectivity index (χ0v) is 49.6. The van der Waals surface area contributed by atoms with Gasteiger partial charge in [-0.1, -0.05) is 26.3 Å². The molecule has 0 aromatic heterocycles. The van der Waals surface area contributed by atoms with Gasteiger partial charge in [0, 0.05) is 36.4 Å². The fourth-order valence-corrected chi connectivity index (χ4v) is 9.22. The maximum atomic E-state index is 14.0. The molecule has 0 atom stereocenters. The summed E-state index contributed by atoms with van der Waals surface area (Å²) in [5.74, 6) is -8.73. The van der Waals surface area contributed by atoms with Gasteiger partial charge in [-0.05, 0) is 164 Å². The molecular weight excluding hydrogens is 1140 g/mol. The number of hydrogen-bond donors (Lipinski definition) is 0. The molecule has 88 heavy (non-hydrogen) atoms. The van der Waals surface area contributed by atoms with Crippen molar-refractivity contribution in [2.75, 3.05) is 52.9 Å². The van der Waals surface area contributed by atoms with Crippen molar-refractivity contribution in [2.45, 2.75) is 116 Å². The molecule has 0 heterocycles. The highest BCUT2D eigenvalue weighted by atomic mass is 16.6. The van der Waals surface area contributed by atoms with E-state index >= 15 is 0 Å². The summed E-state index contributed by atoms with van der Waals surface area (Å²) in [5.41, 5.74) is -0.840. The molecule has 2 aliphatic rings.